The first kappa shape index (κ1) is 12.2. The Hall–Kier alpha value is -2.31. The molecule has 2 N–H and O–H groups in total. The summed E-state index contributed by atoms with van der Waals surface area (Å²) in [6.45, 7) is 1.33. The molecule has 1 aromatic carbocycles. The Morgan fingerprint density at radius 2 is 2.11 bits per heavy atom. The zero-order valence-electron chi connectivity index (χ0n) is 9.57. The van der Waals surface area contributed by atoms with Crippen LogP contribution in [0.5, 0.6) is 0 Å². The summed E-state index contributed by atoms with van der Waals surface area (Å²) in [4.78, 5) is 22.6. The van der Waals surface area contributed by atoms with Crippen molar-refractivity contribution in [2.45, 2.75) is 12.5 Å². The molecule has 1 aliphatic rings. The average molecular weight is 251 g/mol. The maximum absolute atomic E-state index is 10.5. The third-order valence-corrected chi connectivity index (χ3v) is 2.94. The van der Waals surface area contributed by atoms with E-state index in [9.17, 15) is 14.9 Å². The monoisotopic (exact) mass is 251 g/mol. The van der Waals surface area contributed by atoms with Crippen LogP contribution in [0.15, 0.2) is 24.3 Å². The van der Waals surface area contributed by atoms with Crippen LogP contribution in [-0.4, -0.2) is 35.3 Å². The minimum atomic E-state index is -1.02. The van der Waals surface area contributed by atoms with Crippen LogP contribution < -0.4 is 10.2 Å². The number of non-ortho nitro benzene ring substituents is 1. The van der Waals surface area contributed by atoms with Crippen LogP contribution in [0.1, 0.15) is 6.42 Å². The van der Waals surface area contributed by atoms with E-state index in [0.29, 0.717) is 6.54 Å². The van der Waals surface area contributed by atoms with Crippen LogP contribution in [0.4, 0.5) is 16.2 Å². The Morgan fingerprint density at radius 1 is 1.44 bits per heavy atom. The van der Waals surface area contributed by atoms with E-state index in [4.69, 9.17) is 5.11 Å². The van der Waals surface area contributed by atoms with E-state index in [1.165, 1.54) is 12.1 Å². The minimum absolute atomic E-state index is 0.0538. The highest BCUT2D eigenvalue weighted by Crippen LogP contribution is 2.23. The lowest BCUT2D eigenvalue weighted by Crippen LogP contribution is -2.35. The Labute approximate surface area is 103 Å². The van der Waals surface area contributed by atoms with E-state index in [2.05, 4.69) is 5.32 Å². The second-order valence-corrected chi connectivity index (χ2v) is 4.15. The summed E-state index contributed by atoms with van der Waals surface area (Å²) in [7, 11) is 0. The Kier molecular flexibility index (Phi) is 3.31. The van der Waals surface area contributed by atoms with Gasteiger partial charge >= 0.3 is 6.09 Å². The molecule has 1 saturated heterocycles. The first-order valence-corrected chi connectivity index (χ1v) is 5.55. The second kappa shape index (κ2) is 4.91. The summed E-state index contributed by atoms with van der Waals surface area (Å²) < 4.78 is 0. The van der Waals surface area contributed by atoms with Gasteiger partial charge in [-0.05, 0) is 18.6 Å². The number of hydrogen-bond donors (Lipinski definition) is 2. The van der Waals surface area contributed by atoms with Gasteiger partial charge in [0.2, 0.25) is 0 Å². The highest BCUT2D eigenvalue weighted by molar-refractivity contribution is 5.65. The van der Waals surface area contributed by atoms with Crippen LogP contribution in [0.25, 0.3) is 0 Å². The SMILES string of the molecule is O=C(O)N[C@@H]1CCN(c2ccc([N+](=O)[O-])cc2)C1. The maximum atomic E-state index is 10.5. The summed E-state index contributed by atoms with van der Waals surface area (Å²) >= 11 is 0. The van der Waals surface area contributed by atoms with Gasteiger partial charge in [0.1, 0.15) is 0 Å². The van der Waals surface area contributed by atoms with Crippen LogP contribution in [0, 0.1) is 10.1 Å². The van der Waals surface area contributed by atoms with Crippen molar-refractivity contribution in [2.75, 3.05) is 18.0 Å². The fraction of sp³-hybridized carbons (Fsp3) is 0.364. The van der Waals surface area contributed by atoms with E-state index in [1.807, 2.05) is 4.90 Å². The van der Waals surface area contributed by atoms with Crippen molar-refractivity contribution in [3.63, 3.8) is 0 Å². The van der Waals surface area contributed by atoms with Crippen LogP contribution in [0.3, 0.4) is 0 Å². The average Bonchev–Trinajstić information content (AvgIpc) is 2.76. The molecular weight excluding hydrogens is 238 g/mol. The molecule has 0 radical (unpaired) electrons. The molecule has 0 spiro atoms. The van der Waals surface area contributed by atoms with Crippen molar-refractivity contribution in [2.24, 2.45) is 0 Å². The Morgan fingerprint density at radius 3 is 2.67 bits per heavy atom. The number of nitrogens with one attached hydrogen (secondary N) is 1. The van der Waals surface area contributed by atoms with Crippen molar-refractivity contribution in [3.05, 3.63) is 34.4 Å². The fourth-order valence-electron chi connectivity index (χ4n) is 2.07. The molecular formula is C11H13N3O4. The summed E-state index contributed by atoms with van der Waals surface area (Å²) in [5.74, 6) is 0. The largest absolute Gasteiger partial charge is 0.465 e. The highest BCUT2D eigenvalue weighted by atomic mass is 16.6. The number of hydrogen-bond acceptors (Lipinski definition) is 4. The van der Waals surface area contributed by atoms with Crippen molar-refractivity contribution in [1.82, 2.24) is 5.32 Å². The van der Waals surface area contributed by atoms with E-state index in [0.717, 1.165) is 18.7 Å². The smallest absolute Gasteiger partial charge is 0.404 e. The number of carbonyl (C=O) groups is 1. The van der Waals surface area contributed by atoms with Gasteiger partial charge in [-0.1, -0.05) is 0 Å². The molecule has 0 aliphatic carbocycles. The molecule has 1 heterocycles. The molecule has 1 atom stereocenters. The lowest BCUT2D eigenvalue weighted by Gasteiger charge is -2.18. The third kappa shape index (κ3) is 2.68. The number of rotatable bonds is 3. The summed E-state index contributed by atoms with van der Waals surface area (Å²) in [5, 5.41) is 21.6. The predicted molar refractivity (Wildman–Crippen MR) is 64.9 cm³/mol. The molecule has 0 unspecified atom stereocenters. The first-order chi connectivity index (χ1) is 8.56. The predicted octanol–water partition coefficient (Wildman–Crippen LogP) is 1.44. The third-order valence-electron chi connectivity index (χ3n) is 2.94. The highest BCUT2D eigenvalue weighted by Gasteiger charge is 2.24. The lowest BCUT2D eigenvalue weighted by molar-refractivity contribution is -0.384. The molecule has 0 saturated carbocycles. The van der Waals surface area contributed by atoms with Gasteiger partial charge in [-0.3, -0.25) is 10.1 Å². The fourth-order valence-corrected chi connectivity index (χ4v) is 2.07. The van der Waals surface area contributed by atoms with Crippen molar-refractivity contribution in [3.8, 4) is 0 Å². The van der Waals surface area contributed by atoms with Gasteiger partial charge in [-0.25, -0.2) is 4.79 Å². The lowest BCUT2D eigenvalue weighted by atomic mass is 10.2. The van der Waals surface area contributed by atoms with Crippen molar-refractivity contribution >= 4 is 17.5 Å². The number of benzene rings is 1. The molecule has 7 heteroatoms. The Bertz CT molecular complexity index is 460. The van der Waals surface area contributed by atoms with Gasteiger partial charge in [0.25, 0.3) is 5.69 Å². The minimum Gasteiger partial charge on any atom is -0.465 e. The number of amides is 1. The van der Waals surface area contributed by atoms with Gasteiger partial charge in [-0.15, -0.1) is 0 Å². The van der Waals surface area contributed by atoms with E-state index in [1.54, 1.807) is 12.1 Å². The zero-order chi connectivity index (χ0) is 13.1. The molecule has 18 heavy (non-hydrogen) atoms. The quantitative estimate of drug-likeness (QED) is 0.626. The Balaban J connectivity index is 2.01. The first-order valence-electron chi connectivity index (χ1n) is 5.55. The molecule has 1 amide bonds. The standard InChI is InChI=1S/C11H13N3O4/c15-11(16)12-8-5-6-13(7-8)9-1-3-10(4-2-9)14(17)18/h1-4,8,12H,5-7H2,(H,15,16)/t8-/m1/s1. The second-order valence-electron chi connectivity index (χ2n) is 4.15. The van der Waals surface area contributed by atoms with Crippen molar-refractivity contribution < 1.29 is 14.8 Å². The van der Waals surface area contributed by atoms with Crippen LogP contribution in [0.2, 0.25) is 0 Å². The molecule has 1 aromatic rings. The molecule has 0 bridgehead atoms. The number of nitro benzene ring substituents is 1. The van der Waals surface area contributed by atoms with E-state index >= 15 is 0 Å². The van der Waals surface area contributed by atoms with E-state index < -0.39 is 11.0 Å². The van der Waals surface area contributed by atoms with Gasteiger partial charge in [0, 0.05) is 30.9 Å². The normalized spacial score (nSPS) is 18.7. The molecule has 1 aliphatic heterocycles. The van der Waals surface area contributed by atoms with Crippen molar-refractivity contribution in [1.29, 1.82) is 0 Å². The molecule has 1 fully saturated rings. The van der Waals surface area contributed by atoms with Gasteiger partial charge in [0.15, 0.2) is 0 Å². The van der Waals surface area contributed by atoms with Gasteiger partial charge in [0.05, 0.1) is 11.0 Å². The molecule has 7 nitrogen and oxygen atoms in total. The molecule has 0 aromatic heterocycles. The van der Waals surface area contributed by atoms with Gasteiger partial charge in [-0.2, -0.15) is 0 Å². The van der Waals surface area contributed by atoms with E-state index in [-0.39, 0.29) is 11.7 Å². The van der Waals surface area contributed by atoms with Crippen LogP contribution in [-0.2, 0) is 0 Å². The molecule has 2 rings (SSSR count). The number of anilines is 1. The van der Waals surface area contributed by atoms with Crippen LogP contribution >= 0.6 is 0 Å². The zero-order valence-corrected chi connectivity index (χ0v) is 9.57. The summed E-state index contributed by atoms with van der Waals surface area (Å²) in [6.07, 6.45) is -0.283. The summed E-state index contributed by atoms with van der Waals surface area (Å²) in [6, 6.07) is 6.18. The maximum Gasteiger partial charge on any atom is 0.404 e. The van der Waals surface area contributed by atoms with Gasteiger partial charge < -0.3 is 15.3 Å². The number of nitro groups is 1. The molecule has 96 valence electrons. The summed E-state index contributed by atoms with van der Waals surface area (Å²) in [5.41, 5.74) is 0.924. The topological polar surface area (TPSA) is 95.7 Å². The number of carboxylic acid groups (broad SMARTS) is 1. The number of nitrogens with zero attached hydrogens (tertiary/aromatic N) is 2.